The maximum Gasteiger partial charge on any atom is 0.224 e. The van der Waals surface area contributed by atoms with Gasteiger partial charge >= 0.3 is 0 Å². The predicted molar refractivity (Wildman–Crippen MR) is 84.2 cm³/mol. The van der Waals surface area contributed by atoms with E-state index in [0.29, 0.717) is 12.5 Å². The lowest BCUT2D eigenvalue weighted by Crippen LogP contribution is -2.34. The molecule has 5 nitrogen and oxygen atoms in total. The Morgan fingerprint density at radius 1 is 1.24 bits per heavy atom. The van der Waals surface area contributed by atoms with E-state index in [2.05, 4.69) is 32.1 Å². The van der Waals surface area contributed by atoms with Gasteiger partial charge in [-0.2, -0.15) is 4.98 Å². The highest BCUT2D eigenvalue weighted by Gasteiger charge is 2.17. The van der Waals surface area contributed by atoms with Crippen LogP contribution in [-0.2, 0) is 6.54 Å². The Morgan fingerprint density at radius 2 is 2.10 bits per heavy atom. The number of rotatable bonds is 4. The molecular formula is C16H21N5. The van der Waals surface area contributed by atoms with Gasteiger partial charge in [-0.15, -0.1) is 0 Å². The summed E-state index contributed by atoms with van der Waals surface area (Å²) in [6.07, 6.45) is 7.98. The molecule has 1 unspecified atom stereocenters. The van der Waals surface area contributed by atoms with E-state index >= 15 is 0 Å². The second kappa shape index (κ2) is 6.52. The first-order chi connectivity index (χ1) is 10.3. The highest BCUT2D eigenvalue weighted by molar-refractivity contribution is 5.43. The summed E-state index contributed by atoms with van der Waals surface area (Å²) >= 11 is 0. The summed E-state index contributed by atoms with van der Waals surface area (Å²) in [6, 6.07) is 5.97. The van der Waals surface area contributed by atoms with Crippen LogP contribution in [0.3, 0.4) is 0 Å². The molecule has 1 N–H and O–H groups in total. The summed E-state index contributed by atoms with van der Waals surface area (Å²) in [4.78, 5) is 15.3. The molecule has 1 aliphatic heterocycles. The Hall–Kier alpha value is -2.17. The number of nitrogens with zero attached hydrogens (tertiary/aromatic N) is 4. The third-order valence-electron chi connectivity index (χ3n) is 3.82. The molecule has 0 amide bonds. The average Bonchev–Trinajstić information content (AvgIpc) is 2.54. The van der Waals surface area contributed by atoms with Crippen LogP contribution in [0.5, 0.6) is 0 Å². The molecule has 1 saturated heterocycles. The van der Waals surface area contributed by atoms with E-state index < -0.39 is 0 Å². The summed E-state index contributed by atoms with van der Waals surface area (Å²) in [5, 5.41) is 3.27. The van der Waals surface area contributed by atoms with Crippen molar-refractivity contribution in [3.63, 3.8) is 0 Å². The van der Waals surface area contributed by atoms with Gasteiger partial charge in [0, 0.05) is 38.2 Å². The van der Waals surface area contributed by atoms with Gasteiger partial charge in [0.1, 0.15) is 5.82 Å². The van der Waals surface area contributed by atoms with E-state index in [1.54, 1.807) is 12.4 Å². The van der Waals surface area contributed by atoms with Crippen LogP contribution in [0.15, 0.2) is 36.8 Å². The summed E-state index contributed by atoms with van der Waals surface area (Å²) in [6.45, 7) is 5.18. The molecule has 110 valence electrons. The number of piperidine rings is 1. The first-order valence-electron chi connectivity index (χ1n) is 7.52. The second-order valence-corrected chi connectivity index (χ2v) is 5.64. The van der Waals surface area contributed by atoms with E-state index in [1.165, 1.54) is 18.4 Å². The normalized spacial score (nSPS) is 18.5. The Balaban J connectivity index is 1.65. The Kier molecular flexibility index (Phi) is 4.28. The van der Waals surface area contributed by atoms with Crippen LogP contribution >= 0.6 is 0 Å². The van der Waals surface area contributed by atoms with Crippen molar-refractivity contribution in [3.05, 3.63) is 42.4 Å². The van der Waals surface area contributed by atoms with Crippen molar-refractivity contribution in [2.75, 3.05) is 23.3 Å². The third kappa shape index (κ3) is 3.68. The molecule has 3 heterocycles. The van der Waals surface area contributed by atoms with Gasteiger partial charge in [-0.3, -0.25) is 4.98 Å². The molecule has 1 fully saturated rings. The van der Waals surface area contributed by atoms with Crippen LogP contribution in [0.4, 0.5) is 11.8 Å². The van der Waals surface area contributed by atoms with E-state index in [4.69, 9.17) is 0 Å². The molecule has 2 aromatic rings. The first kappa shape index (κ1) is 13.8. The van der Waals surface area contributed by atoms with Crippen LogP contribution in [0, 0.1) is 5.92 Å². The smallest absolute Gasteiger partial charge is 0.224 e. The van der Waals surface area contributed by atoms with E-state index in [9.17, 15) is 0 Å². The quantitative estimate of drug-likeness (QED) is 0.935. The lowest BCUT2D eigenvalue weighted by Gasteiger charge is -2.31. The number of anilines is 2. The summed E-state index contributed by atoms with van der Waals surface area (Å²) in [7, 11) is 0. The van der Waals surface area contributed by atoms with Gasteiger partial charge in [-0.25, -0.2) is 4.98 Å². The SMILES string of the molecule is CC1CCCN(c2ccnc(NCc3ccncc3)n2)C1. The van der Waals surface area contributed by atoms with E-state index in [1.807, 2.05) is 24.4 Å². The van der Waals surface area contributed by atoms with E-state index in [-0.39, 0.29) is 0 Å². The molecule has 1 atom stereocenters. The standard InChI is InChI=1S/C16H21N5/c1-13-3-2-10-21(12-13)15-6-9-18-16(20-15)19-11-14-4-7-17-8-5-14/h4-9,13H,2-3,10-12H2,1H3,(H,18,19,20). The summed E-state index contributed by atoms with van der Waals surface area (Å²) in [5.41, 5.74) is 1.17. The molecule has 0 saturated carbocycles. The molecule has 21 heavy (non-hydrogen) atoms. The topological polar surface area (TPSA) is 53.9 Å². The molecule has 0 aliphatic carbocycles. The number of nitrogens with one attached hydrogen (secondary N) is 1. The van der Waals surface area contributed by atoms with Crippen molar-refractivity contribution < 1.29 is 0 Å². The summed E-state index contributed by atoms with van der Waals surface area (Å²) in [5.74, 6) is 2.44. The molecule has 0 bridgehead atoms. The van der Waals surface area contributed by atoms with E-state index in [0.717, 1.165) is 24.8 Å². The van der Waals surface area contributed by atoms with Crippen molar-refractivity contribution in [2.24, 2.45) is 5.92 Å². The number of aromatic nitrogens is 3. The third-order valence-corrected chi connectivity index (χ3v) is 3.82. The molecule has 5 heteroatoms. The predicted octanol–water partition coefficient (Wildman–Crippen LogP) is 2.72. The number of hydrogen-bond acceptors (Lipinski definition) is 5. The molecule has 1 aliphatic rings. The molecule has 0 spiro atoms. The number of pyridine rings is 1. The highest BCUT2D eigenvalue weighted by atomic mass is 15.2. The fourth-order valence-corrected chi connectivity index (χ4v) is 2.69. The fraction of sp³-hybridized carbons (Fsp3) is 0.438. The molecule has 2 aromatic heterocycles. The van der Waals surface area contributed by atoms with Crippen LogP contribution in [0.2, 0.25) is 0 Å². The summed E-state index contributed by atoms with van der Waals surface area (Å²) < 4.78 is 0. The zero-order valence-corrected chi connectivity index (χ0v) is 12.4. The van der Waals surface area contributed by atoms with Gasteiger partial charge in [0.25, 0.3) is 0 Å². The zero-order valence-electron chi connectivity index (χ0n) is 12.4. The Bertz CT molecular complexity index is 572. The minimum absolute atomic E-state index is 0.683. The van der Waals surface area contributed by atoms with Crippen molar-refractivity contribution in [1.29, 1.82) is 0 Å². The largest absolute Gasteiger partial charge is 0.356 e. The highest BCUT2D eigenvalue weighted by Crippen LogP contribution is 2.21. The lowest BCUT2D eigenvalue weighted by atomic mass is 10.0. The molecule has 0 radical (unpaired) electrons. The Labute approximate surface area is 125 Å². The van der Waals surface area contributed by atoms with Gasteiger partial charge in [0.05, 0.1) is 0 Å². The maximum atomic E-state index is 4.63. The molecular weight excluding hydrogens is 262 g/mol. The van der Waals surface area contributed by atoms with Crippen LogP contribution in [-0.4, -0.2) is 28.0 Å². The fourth-order valence-electron chi connectivity index (χ4n) is 2.69. The minimum Gasteiger partial charge on any atom is -0.356 e. The van der Waals surface area contributed by atoms with Crippen molar-refractivity contribution in [3.8, 4) is 0 Å². The number of hydrogen-bond donors (Lipinski definition) is 1. The van der Waals surface area contributed by atoms with Gasteiger partial charge < -0.3 is 10.2 Å². The van der Waals surface area contributed by atoms with Crippen molar-refractivity contribution >= 4 is 11.8 Å². The Morgan fingerprint density at radius 3 is 2.90 bits per heavy atom. The van der Waals surface area contributed by atoms with Gasteiger partial charge in [-0.1, -0.05) is 6.92 Å². The van der Waals surface area contributed by atoms with Crippen LogP contribution in [0.1, 0.15) is 25.3 Å². The van der Waals surface area contributed by atoms with Crippen molar-refractivity contribution in [1.82, 2.24) is 15.0 Å². The molecule has 0 aromatic carbocycles. The lowest BCUT2D eigenvalue weighted by molar-refractivity contribution is 0.444. The molecule has 3 rings (SSSR count). The van der Waals surface area contributed by atoms with Gasteiger partial charge in [0.15, 0.2) is 0 Å². The van der Waals surface area contributed by atoms with Gasteiger partial charge in [0.2, 0.25) is 5.95 Å². The van der Waals surface area contributed by atoms with Gasteiger partial charge in [-0.05, 0) is 42.5 Å². The monoisotopic (exact) mass is 283 g/mol. The average molecular weight is 283 g/mol. The van der Waals surface area contributed by atoms with Crippen molar-refractivity contribution in [2.45, 2.75) is 26.3 Å². The zero-order chi connectivity index (χ0) is 14.5. The van der Waals surface area contributed by atoms with Crippen LogP contribution in [0.25, 0.3) is 0 Å². The van der Waals surface area contributed by atoms with Crippen LogP contribution < -0.4 is 10.2 Å². The maximum absolute atomic E-state index is 4.63. The second-order valence-electron chi connectivity index (χ2n) is 5.64. The minimum atomic E-state index is 0.683. The first-order valence-corrected chi connectivity index (χ1v) is 7.52.